The molecule has 0 aromatic rings. The highest BCUT2D eigenvalue weighted by molar-refractivity contribution is 5.76. The van der Waals surface area contributed by atoms with Crippen LogP contribution < -0.4 is 0 Å². The van der Waals surface area contributed by atoms with Gasteiger partial charge in [-0.3, -0.25) is 4.79 Å². The summed E-state index contributed by atoms with van der Waals surface area (Å²) in [7, 11) is 0. The van der Waals surface area contributed by atoms with Crippen molar-refractivity contribution in [3.63, 3.8) is 0 Å². The lowest BCUT2D eigenvalue weighted by atomic mass is 10.1. The Morgan fingerprint density at radius 2 is 1.83 bits per heavy atom. The summed E-state index contributed by atoms with van der Waals surface area (Å²) < 4.78 is 5.57. The third-order valence-corrected chi connectivity index (χ3v) is 3.23. The maximum atomic E-state index is 12.2. The largest absolute Gasteiger partial charge is 0.378 e. The molecule has 0 aromatic carbocycles. The summed E-state index contributed by atoms with van der Waals surface area (Å²) in [4.78, 5) is 14.3. The Morgan fingerprint density at radius 1 is 1.22 bits per heavy atom. The minimum atomic E-state index is 0.299. The lowest BCUT2D eigenvalue weighted by molar-refractivity contribution is -0.132. The number of hydrogen-bond acceptors (Lipinski definition) is 2. The standard InChI is InChI=1S/C15H29NO2/c1-12(2)10-16(11-13(3)4)15(17)8-7-14-6-5-9-18-14/h12-14H,5-11H2,1-4H3. The van der Waals surface area contributed by atoms with Crippen LogP contribution in [0.2, 0.25) is 0 Å². The quantitative estimate of drug-likeness (QED) is 0.699. The molecule has 0 radical (unpaired) electrons. The second-order valence-corrected chi connectivity index (χ2v) is 6.26. The number of rotatable bonds is 7. The Morgan fingerprint density at radius 3 is 2.28 bits per heavy atom. The number of carbonyl (C=O) groups is 1. The van der Waals surface area contributed by atoms with E-state index in [4.69, 9.17) is 4.74 Å². The summed E-state index contributed by atoms with van der Waals surface area (Å²) in [5, 5.41) is 0. The summed E-state index contributed by atoms with van der Waals surface area (Å²) in [6.45, 7) is 11.3. The van der Waals surface area contributed by atoms with Gasteiger partial charge < -0.3 is 9.64 Å². The number of amides is 1. The Hall–Kier alpha value is -0.570. The summed E-state index contributed by atoms with van der Waals surface area (Å²) in [5.74, 6) is 1.37. The van der Waals surface area contributed by atoms with Crippen LogP contribution in [0.3, 0.4) is 0 Å². The molecule has 0 bridgehead atoms. The molecule has 3 heteroatoms. The van der Waals surface area contributed by atoms with Crippen molar-refractivity contribution in [2.24, 2.45) is 11.8 Å². The molecule has 0 saturated carbocycles. The number of hydrogen-bond donors (Lipinski definition) is 0. The van der Waals surface area contributed by atoms with Crippen LogP contribution in [0.25, 0.3) is 0 Å². The van der Waals surface area contributed by atoms with E-state index in [0.29, 0.717) is 30.3 Å². The summed E-state index contributed by atoms with van der Waals surface area (Å²) in [6, 6.07) is 0. The van der Waals surface area contributed by atoms with Crippen LogP contribution in [0.15, 0.2) is 0 Å². The molecule has 0 spiro atoms. The molecule has 1 atom stereocenters. The molecule has 1 unspecified atom stereocenters. The van der Waals surface area contributed by atoms with E-state index in [0.717, 1.165) is 39.0 Å². The molecule has 1 aliphatic rings. The molecule has 1 fully saturated rings. The molecule has 0 N–H and O–H groups in total. The average molecular weight is 255 g/mol. The highest BCUT2D eigenvalue weighted by atomic mass is 16.5. The van der Waals surface area contributed by atoms with E-state index >= 15 is 0 Å². The highest BCUT2D eigenvalue weighted by Gasteiger charge is 2.20. The maximum Gasteiger partial charge on any atom is 0.222 e. The molecule has 3 nitrogen and oxygen atoms in total. The van der Waals surface area contributed by atoms with E-state index in [1.165, 1.54) is 0 Å². The van der Waals surface area contributed by atoms with Crippen molar-refractivity contribution in [1.29, 1.82) is 0 Å². The fraction of sp³-hybridized carbons (Fsp3) is 0.933. The van der Waals surface area contributed by atoms with Gasteiger partial charge in [0.2, 0.25) is 5.91 Å². The van der Waals surface area contributed by atoms with Gasteiger partial charge in [0.25, 0.3) is 0 Å². The molecule has 1 amide bonds. The zero-order chi connectivity index (χ0) is 13.5. The second-order valence-electron chi connectivity index (χ2n) is 6.26. The van der Waals surface area contributed by atoms with Gasteiger partial charge in [0.05, 0.1) is 6.10 Å². The molecule has 1 saturated heterocycles. The van der Waals surface area contributed by atoms with Gasteiger partial charge in [-0.2, -0.15) is 0 Å². The van der Waals surface area contributed by atoms with Gasteiger partial charge in [-0.15, -0.1) is 0 Å². The first-order valence-electron chi connectivity index (χ1n) is 7.38. The average Bonchev–Trinajstić information content (AvgIpc) is 2.76. The molecule has 0 aromatic heterocycles. The van der Waals surface area contributed by atoms with E-state index in [1.807, 2.05) is 4.90 Å². The summed E-state index contributed by atoms with van der Waals surface area (Å²) in [6.07, 6.45) is 4.14. The van der Waals surface area contributed by atoms with Gasteiger partial charge in [0.1, 0.15) is 0 Å². The minimum Gasteiger partial charge on any atom is -0.378 e. The Balaban J connectivity index is 2.36. The van der Waals surface area contributed by atoms with E-state index in [-0.39, 0.29) is 0 Å². The second kappa shape index (κ2) is 7.78. The van der Waals surface area contributed by atoms with Crippen LogP contribution in [0.5, 0.6) is 0 Å². The Kier molecular flexibility index (Phi) is 6.69. The molecular formula is C15H29NO2. The van der Waals surface area contributed by atoms with E-state index < -0.39 is 0 Å². The third-order valence-electron chi connectivity index (χ3n) is 3.23. The SMILES string of the molecule is CC(C)CN(CC(C)C)C(=O)CCC1CCCO1. The predicted octanol–water partition coefficient (Wildman–Crippen LogP) is 3.09. The number of nitrogens with zero attached hydrogens (tertiary/aromatic N) is 1. The molecule has 1 rings (SSSR count). The molecule has 106 valence electrons. The number of carbonyl (C=O) groups excluding carboxylic acids is 1. The van der Waals surface area contributed by atoms with Crippen molar-refractivity contribution >= 4 is 5.91 Å². The van der Waals surface area contributed by atoms with Crippen LogP contribution in [0.1, 0.15) is 53.4 Å². The van der Waals surface area contributed by atoms with E-state index in [9.17, 15) is 4.79 Å². The number of ether oxygens (including phenoxy) is 1. The van der Waals surface area contributed by atoms with Gasteiger partial charge in [0, 0.05) is 26.1 Å². The van der Waals surface area contributed by atoms with Gasteiger partial charge in [-0.1, -0.05) is 27.7 Å². The van der Waals surface area contributed by atoms with Crippen molar-refractivity contribution in [2.45, 2.75) is 59.5 Å². The molecule has 0 aliphatic carbocycles. The first-order chi connectivity index (χ1) is 8.49. The fourth-order valence-electron chi connectivity index (χ4n) is 2.47. The lowest BCUT2D eigenvalue weighted by Gasteiger charge is -2.27. The van der Waals surface area contributed by atoms with Crippen molar-refractivity contribution in [1.82, 2.24) is 4.90 Å². The van der Waals surface area contributed by atoms with Crippen LogP contribution in [-0.2, 0) is 9.53 Å². The smallest absolute Gasteiger partial charge is 0.222 e. The van der Waals surface area contributed by atoms with Crippen molar-refractivity contribution in [3.05, 3.63) is 0 Å². The van der Waals surface area contributed by atoms with E-state index in [2.05, 4.69) is 27.7 Å². The van der Waals surface area contributed by atoms with Crippen LogP contribution in [-0.4, -0.2) is 36.6 Å². The zero-order valence-electron chi connectivity index (χ0n) is 12.4. The predicted molar refractivity (Wildman–Crippen MR) is 74.5 cm³/mol. The molecular weight excluding hydrogens is 226 g/mol. The van der Waals surface area contributed by atoms with Gasteiger partial charge in [-0.25, -0.2) is 0 Å². The minimum absolute atomic E-state index is 0.299. The Labute approximate surface area is 112 Å². The summed E-state index contributed by atoms with van der Waals surface area (Å²) in [5.41, 5.74) is 0. The lowest BCUT2D eigenvalue weighted by Crippen LogP contribution is -2.37. The Bertz CT molecular complexity index is 235. The zero-order valence-corrected chi connectivity index (χ0v) is 12.4. The van der Waals surface area contributed by atoms with Crippen molar-refractivity contribution < 1.29 is 9.53 Å². The first-order valence-corrected chi connectivity index (χ1v) is 7.38. The highest BCUT2D eigenvalue weighted by Crippen LogP contribution is 2.18. The molecule has 1 heterocycles. The third kappa shape index (κ3) is 5.85. The van der Waals surface area contributed by atoms with Crippen LogP contribution in [0, 0.1) is 11.8 Å². The summed E-state index contributed by atoms with van der Waals surface area (Å²) >= 11 is 0. The first kappa shape index (κ1) is 15.5. The molecule has 18 heavy (non-hydrogen) atoms. The van der Waals surface area contributed by atoms with E-state index in [1.54, 1.807) is 0 Å². The van der Waals surface area contributed by atoms with Crippen molar-refractivity contribution in [2.75, 3.05) is 19.7 Å². The normalized spacial score (nSPS) is 19.8. The monoisotopic (exact) mass is 255 g/mol. The molecule has 1 aliphatic heterocycles. The van der Waals surface area contributed by atoms with Gasteiger partial charge in [-0.05, 0) is 31.1 Å². The van der Waals surface area contributed by atoms with Crippen LogP contribution in [0.4, 0.5) is 0 Å². The van der Waals surface area contributed by atoms with Crippen LogP contribution >= 0.6 is 0 Å². The topological polar surface area (TPSA) is 29.5 Å². The maximum absolute atomic E-state index is 12.2. The van der Waals surface area contributed by atoms with Gasteiger partial charge in [0.15, 0.2) is 0 Å². The van der Waals surface area contributed by atoms with Crippen molar-refractivity contribution in [3.8, 4) is 0 Å². The fourth-order valence-corrected chi connectivity index (χ4v) is 2.47. The van der Waals surface area contributed by atoms with Gasteiger partial charge >= 0.3 is 0 Å².